The van der Waals surface area contributed by atoms with Gasteiger partial charge in [-0.1, -0.05) is 27.2 Å². The number of rotatable bonds is 6. The first-order chi connectivity index (χ1) is 5.83. The summed E-state index contributed by atoms with van der Waals surface area (Å²) < 4.78 is 5.71. The Morgan fingerprint density at radius 2 is 1.69 bits per heavy atom. The zero-order valence-electron chi connectivity index (χ0n) is 10.0. The standard InChI is InChI=1S/C11H25NO/c1-7-10(2,3)8-9-13-11(4,5)12-6/h12H,7-9H2,1-6H3. The van der Waals surface area contributed by atoms with Gasteiger partial charge in [-0.3, -0.25) is 5.32 Å². The molecule has 0 heterocycles. The summed E-state index contributed by atoms with van der Waals surface area (Å²) >= 11 is 0. The molecule has 0 aromatic rings. The van der Waals surface area contributed by atoms with Crippen LogP contribution in [-0.4, -0.2) is 19.4 Å². The molecule has 0 saturated heterocycles. The number of nitrogens with one attached hydrogen (secondary N) is 1. The zero-order chi connectivity index (χ0) is 10.5. The normalized spacial score (nSPS) is 13.4. The molecule has 80 valence electrons. The van der Waals surface area contributed by atoms with Crippen LogP contribution in [-0.2, 0) is 4.74 Å². The molecule has 0 aromatic carbocycles. The van der Waals surface area contributed by atoms with Crippen LogP contribution >= 0.6 is 0 Å². The fourth-order valence-electron chi connectivity index (χ4n) is 0.831. The Morgan fingerprint density at radius 3 is 2.08 bits per heavy atom. The van der Waals surface area contributed by atoms with Gasteiger partial charge in [-0.25, -0.2) is 0 Å². The first kappa shape index (κ1) is 12.9. The average Bonchev–Trinajstić information content (AvgIpc) is 2.04. The summed E-state index contributed by atoms with van der Waals surface area (Å²) in [6.07, 6.45) is 2.32. The molecule has 13 heavy (non-hydrogen) atoms. The van der Waals surface area contributed by atoms with Crippen LogP contribution < -0.4 is 5.32 Å². The molecule has 0 aliphatic carbocycles. The molecule has 0 amide bonds. The van der Waals surface area contributed by atoms with E-state index in [1.54, 1.807) is 0 Å². The highest BCUT2D eigenvalue weighted by molar-refractivity contribution is 4.67. The van der Waals surface area contributed by atoms with E-state index in [1.165, 1.54) is 6.42 Å². The van der Waals surface area contributed by atoms with Crippen molar-refractivity contribution in [1.82, 2.24) is 5.32 Å². The third-order valence-electron chi connectivity index (χ3n) is 2.80. The Morgan fingerprint density at radius 1 is 1.15 bits per heavy atom. The number of hydrogen-bond acceptors (Lipinski definition) is 2. The topological polar surface area (TPSA) is 21.3 Å². The maximum absolute atomic E-state index is 5.71. The summed E-state index contributed by atoms with van der Waals surface area (Å²) in [4.78, 5) is 0. The van der Waals surface area contributed by atoms with Gasteiger partial charge < -0.3 is 4.74 Å². The second-order valence-electron chi connectivity index (χ2n) is 4.88. The van der Waals surface area contributed by atoms with Crippen LogP contribution in [0.5, 0.6) is 0 Å². The molecular weight excluding hydrogens is 162 g/mol. The van der Waals surface area contributed by atoms with Gasteiger partial charge in [0.15, 0.2) is 0 Å². The molecule has 2 nitrogen and oxygen atoms in total. The molecule has 0 radical (unpaired) electrons. The molecule has 2 heteroatoms. The van der Waals surface area contributed by atoms with Crippen LogP contribution in [0.4, 0.5) is 0 Å². The molecule has 0 bridgehead atoms. The van der Waals surface area contributed by atoms with E-state index >= 15 is 0 Å². The summed E-state index contributed by atoms with van der Waals surface area (Å²) in [6.45, 7) is 11.7. The molecule has 0 aromatic heterocycles. The lowest BCUT2D eigenvalue weighted by Crippen LogP contribution is -2.39. The Hall–Kier alpha value is -0.0800. The fraction of sp³-hybridized carbons (Fsp3) is 1.00. The van der Waals surface area contributed by atoms with Gasteiger partial charge in [0.1, 0.15) is 5.72 Å². The van der Waals surface area contributed by atoms with Crippen LogP contribution in [0.3, 0.4) is 0 Å². The van der Waals surface area contributed by atoms with Crippen molar-refractivity contribution in [3.8, 4) is 0 Å². The van der Waals surface area contributed by atoms with E-state index in [2.05, 4.69) is 26.1 Å². The van der Waals surface area contributed by atoms with E-state index in [1.807, 2.05) is 20.9 Å². The van der Waals surface area contributed by atoms with Gasteiger partial charge in [-0.05, 0) is 32.7 Å². The predicted molar refractivity (Wildman–Crippen MR) is 57.8 cm³/mol. The van der Waals surface area contributed by atoms with Gasteiger partial charge >= 0.3 is 0 Å². The van der Waals surface area contributed by atoms with Gasteiger partial charge in [0.2, 0.25) is 0 Å². The summed E-state index contributed by atoms with van der Waals surface area (Å²) in [7, 11) is 1.92. The van der Waals surface area contributed by atoms with Crippen molar-refractivity contribution in [2.75, 3.05) is 13.7 Å². The van der Waals surface area contributed by atoms with Gasteiger partial charge in [0.05, 0.1) is 0 Å². The van der Waals surface area contributed by atoms with E-state index in [0.717, 1.165) is 13.0 Å². The Balaban J connectivity index is 3.68. The quantitative estimate of drug-likeness (QED) is 0.646. The smallest absolute Gasteiger partial charge is 0.113 e. The SMILES string of the molecule is CCC(C)(C)CCOC(C)(C)NC. The van der Waals surface area contributed by atoms with Gasteiger partial charge in [-0.15, -0.1) is 0 Å². The van der Waals surface area contributed by atoms with Crippen molar-refractivity contribution in [2.45, 2.75) is 53.2 Å². The molecule has 0 saturated carbocycles. The van der Waals surface area contributed by atoms with Crippen molar-refractivity contribution < 1.29 is 4.74 Å². The summed E-state index contributed by atoms with van der Waals surface area (Å²) in [5.41, 5.74) is 0.216. The van der Waals surface area contributed by atoms with E-state index < -0.39 is 0 Å². The molecule has 0 unspecified atom stereocenters. The molecule has 0 spiro atoms. The lowest BCUT2D eigenvalue weighted by Gasteiger charge is -2.28. The Bertz CT molecular complexity index is 125. The summed E-state index contributed by atoms with van der Waals surface area (Å²) in [5.74, 6) is 0. The second kappa shape index (κ2) is 4.97. The molecular formula is C11H25NO. The third kappa shape index (κ3) is 6.05. The van der Waals surface area contributed by atoms with E-state index in [-0.39, 0.29) is 5.72 Å². The van der Waals surface area contributed by atoms with Gasteiger partial charge in [0.25, 0.3) is 0 Å². The van der Waals surface area contributed by atoms with Crippen molar-refractivity contribution in [2.24, 2.45) is 5.41 Å². The van der Waals surface area contributed by atoms with Crippen molar-refractivity contribution >= 4 is 0 Å². The van der Waals surface area contributed by atoms with Crippen molar-refractivity contribution in [1.29, 1.82) is 0 Å². The second-order valence-corrected chi connectivity index (χ2v) is 4.88. The van der Waals surface area contributed by atoms with E-state index in [4.69, 9.17) is 4.74 Å². The molecule has 0 aliphatic heterocycles. The monoisotopic (exact) mass is 187 g/mol. The highest BCUT2D eigenvalue weighted by Gasteiger charge is 2.18. The van der Waals surface area contributed by atoms with Gasteiger partial charge in [0, 0.05) is 6.61 Å². The lowest BCUT2D eigenvalue weighted by atomic mass is 9.87. The first-order valence-electron chi connectivity index (χ1n) is 5.16. The number of hydrogen-bond donors (Lipinski definition) is 1. The van der Waals surface area contributed by atoms with Crippen LogP contribution in [0.1, 0.15) is 47.5 Å². The average molecular weight is 187 g/mol. The Labute approximate surface area is 83.1 Å². The largest absolute Gasteiger partial charge is 0.361 e. The summed E-state index contributed by atoms with van der Waals surface area (Å²) in [6, 6.07) is 0. The molecule has 0 rings (SSSR count). The fourth-order valence-corrected chi connectivity index (χ4v) is 0.831. The van der Waals surface area contributed by atoms with E-state index in [0.29, 0.717) is 5.41 Å². The van der Waals surface area contributed by atoms with Crippen molar-refractivity contribution in [3.63, 3.8) is 0 Å². The van der Waals surface area contributed by atoms with Gasteiger partial charge in [-0.2, -0.15) is 0 Å². The maximum atomic E-state index is 5.71. The molecule has 0 fully saturated rings. The van der Waals surface area contributed by atoms with Crippen LogP contribution in [0, 0.1) is 5.41 Å². The Kier molecular flexibility index (Phi) is 4.93. The molecule has 0 atom stereocenters. The van der Waals surface area contributed by atoms with Crippen LogP contribution in [0.25, 0.3) is 0 Å². The van der Waals surface area contributed by atoms with Crippen LogP contribution in [0.15, 0.2) is 0 Å². The minimum atomic E-state index is -0.191. The third-order valence-corrected chi connectivity index (χ3v) is 2.80. The number of ether oxygens (including phenoxy) is 1. The van der Waals surface area contributed by atoms with Crippen LogP contribution in [0.2, 0.25) is 0 Å². The zero-order valence-corrected chi connectivity index (χ0v) is 10.0. The highest BCUT2D eigenvalue weighted by Crippen LogP contribution is 2.24. The highest BCUT2D eigenvalue weighted by atomic mass is 16.5. The minimum Gasteiger partial charge on any atom is -0.361 e. The maximum Gasteiger partial charge on any atom is 0.113 e. The lowest BCUT2D eigenvalue weighted by molar-refractivity contribution is -0.0475. The molecule has 0 aliphatic rings. The van der Waals surface area contributed by atoms with E-state index in [9.17, 15) is 0 Å². The summed E-state index contributed by atoms with van der Waals surface area (Å²) in [5, 5.41) is 3.12. The molecule has 1 N–H and O–H groups in total. The first-order valence-corrected chi connectivity index (χ1v) is 5.16. The predicted octanol–water partition coefficient (Wildman–Crippen LogP) is 2.78. The minimum absolute atomic E-state index is 0.191. The van der Waals surface area contributed by atoms with Crippen molar-refractivity contribution in [3.05, 3.63) is 0 Å².